The Labute approximate surface area is 453 Å². The molecular weight excluding hydrogens is 949 g/mol. The molecular formula is C63H100O12. The average molecular weight is 1050 g/mol. The van der Waals surface area contributed by atoms with E-state index in [4.69, 9.17) is 23.7 Å². The number of carboxylic acid groups (broad SMARTS) is 1. The van der Waals surface area contributed by atoms with Crippen LogP contribution >= 0.6 is 0 Å². The molecule has 1 aliphatic rings. The maximum Gasteiger partial charge on any atom is 0.335 e. The highest BCUT2D eigenvalue weighted by Crippen LogP contribution is 2.26. The summed E-state index contributed by atoms with van der Waals surface area (Å²) in [5, 5.41) is 31.4. The van der Waals surface area contributed by atoms with Crippen molar-refractivity contribution in [2.75, 3.05) is 13.2 Å². The molecule has 0 saturated carbocycles. The number of ether oxygens (including phenoxy) is 5. The molecule has 0 aromatic carbocycles. The Morgan fingerprint density at radius 3 is 1.39 bits per heavy atom. The van der Waals surface area contributed by atoms with E-state index >= 15 is 0 Å². The molecule has 6 atom stereocenters. The number of carboxylic acids is 1. The first-order valence-corrected chi connectivity index (χ1v) is 28.9. The summed E-state index contributed by atoms with van der Waals surface area (Å²) in [7, 11) is 0. The van der Waals surface area contributed by atoms with Crippen LogP contribution in [0.25, 0.3) is 0 Å². The molecule has 0 aromatic heterocycles. The van der Waals surface area contributed by atoms with Crippen LogP contribution in [0.2, 0.25) is 0 Å². The molecule has 12 heteroatoms. The van der Waals surface area contributed by atoms with Crippen molar-refractivity contribution in [3.05, 3.63) is 109 Å². The highest BCUT2D eigenvalue weighted by molar-refractivity contribution is 5.74. The Balaban J connectivity index is 2.76. The second-order valence-electron chi connectivity index (χ2n) is 19.2. The molecule has 0 aliphatic carbocycles. The van der Waals surface area contributed by atoms with Gasteiger partial charge in [-0.3, -0.25) is 14.4 Å². The molecule has 0 spiro atoms. The molecule has 3 N–H and O–H groups in total. The molecule has 1 rings (SSSR count). The maximum atomic E-state index is 13.1. The number of carbonyl (C=O) groups excluding carboxylic acids is 3. The van der Waals surface area contributed by atoms with Crippen LogP contribution in [0.3, 0.4) is 0 Å². The number of rotatable bonds is 47. The lowest BCUT2D eigenvalue weighted by Gasteiger charge is -2.40. The van der Waals surface area contributed by atoms with E-state index in [9.17, 15) is 34.5 Å². The molecule has 75 heavy (non-hydrogen) atoms. The lowest BCUT2D eigenvalue weighted by molar-refractivity contribution is -0.301. The van der Waals surface area contributed by atoms with E-state index in [0.717, 1.165) is 122 Å². The van der Waals surface area contributed by atoms with E-state index in [1.165, 1.54) is 32.1 Å². The third-order valence-corrected chi connectivity index (χ3v) is 12.3. The lowest BCUT2D eigenvalue weighted by Crippen LogP contribution is -2.61. The fourth-order valence-corrected chi connectivity index (χ4v) is 7.87. The second-order valence-corrected chi connectivity index (χ2v) is 19.2. The van der Waals surface area contributed by atoms with Crippen LogP contribution in [0.4, 0.5) is 0 Å². The van der Waals surface area contributed by atoms with Gasteiger partial charge in [-0.1, -0.05) is 194 Å². The number of unbranched alkanes of at least 4 members (excludes halogenated alkanes) is 15. The SMILES string of the molecule is CC/C=C\C/C=C\C/C=C\C/C=C\C/C=C\C/C=C\CCC(=O)OCC(COC1OC(C(=O)O)C(O)C(O)C1OC(=O)CCCCCCC/C=C\CCCC)OC(=O)CCCCCCC/C=C\C/C=C\CCCCC. The molecule has 1 heterocycles. The quantitative estimate of drug-likeness (QED) is 0.0228. The Hall–Kier alpha value is -4.62. The zero-order valence-electron chi connectivity index (χ0n) is 46.5. The number of aliphatic carboxylic acids is 1. The first kappa shape index (κ1) is 68.4. The number of hydrogen-bond donors (Lipinski definition) is 3. The third-order valence-electron chi connectivity index (χ3n) is 12.3. The minimum atomic E-state index is -1.92. The van der Waals surface area contributed by atoms with E-state index < -0.39 is 67.3 Å². The predicted molar refractivity (Wildman–Crippen MR) is 303 cm³/mol. The van der Waals surface area contributed by atoms with Crippen molar-refractivity contribution in [2.24, 2.45) is 0 Å². The van der Waals surface area contributed by atoms with Gasteiger partial charge in [0.15, 0.2) is 24.6 Å². The van der Waals surface area contributed by atoms with Crippen LogP contribution in [0.5, 0.6) is 0 Å². The Morgan fingerprint density at radius 2 is 0.880 bits per heavy atom. The fraction of sp³-hybridized carbons (Fsp3) is 0.651. The number of hydrogen-bond acceptors (Lipinski definition) is 11. The van der Waals surface area contributed by atoms with Crippen LogP contribution in [0.15, 0.2) is 109 Å². The molecule has 1 saturated heterocycles. The molecule has 6 unspecified atom stereocenters. The molecule has 12 nitrogen and oxygen atoms in total. The highest BCUT2D eigenvalue weighted by atomic mass is 16.7. The van der Waals surface area contributed by atoms with Crippen molar-refractivity contribution in [1.29, 1.82) is 0 Å². The topological polar surface area (TPSA) is 175 Å². The number of allylic oxidation sites excluding steroid dienone is 18. The predicted octanol–water partition coefficient (Wildman–Crippen LogP) is 14.7. The van der Waals surface area contributed by atoms with Gasteiger partial charge in [0.25, 0.3) is 0 Å². The van der Waals surface area contributed by atoms with Gasteiger partial charge in [-0.15, -0.1) is 0 Å². The van der Waals surface area contributed by atoms with Crippen LogP contribution < -0.4 is 0 Å². The molecule has 1 aliphatic heterocycles. The van der Waals surface area contributed by atoms with E-state index in [2.05, 4.69) is 118 Å². The normalized spacial score (nSPS) is 19.0. The third kappa shape index (κ3) is 40.3. The van der Waals surface area contributed by atoms with Crippen LogP contribution in [0, 0.1) is 0 Å². The number of carbonyl (C=O) groups is 4. The largest absolute Gasteiger partial charge is 0.479 e. The van der Waals surface area contributed by atoms with Gasteiger partial charge in [-0.2, -0.15) is 0 Å². The first-order valence-electron chi connectivity index (χ1n) is 28.9. The van der Waals surface area contributed by atoms with Crippen molar-refractivity contribution in [2.45, 2.75) is 250 Å². The van der Waals surface area contributed by atoms with Gasteiger partial charge in [0.05, 0.1) is 6.61 Å². The summed E-state index contributed by atoms with van der Waals surface area (Å²) in [4.78, 5) is 51.0. The average Bonchev–Trinajstić information content (AvgIpc) is 3.39. The van der Waals surface area contributed by atoms with E-state index in [-0.39, 0.29) is 25.9 Å². The molecule has 0 radical (unpaired) electrons. The van der Waals surface area contributed by atoms with Crippen molar-refractivity contribution in [3.63, 3.8) is 0 Å². The number of aliphatic hydroxyl groups is 2. The smallest absolute Gasteiger partial charge is 0.335 e. The monoisotopic (exact) mass is 1050 g/mol. The molecule has 0 bridgehead atoms. The van der Waals surface area contributed by atoms with Gasteiger partial charge in [-0.25, -0.2) is 4.79 Å². The second kappa shape index (κ2) is 50.2. The van der Waals surface area contributed by atoms with Gasteiger partial charge in [0.2, 0.25) is 0 Å². The summed E-state index contributed by atoms with van der Waals surface area (Å²) in [6.45, 7) is 5.71. The Bertz CT molecular complexity index is 1720. The maximum absolute atomic E-state index is 13.1. The molecule has 424 valence electrons. The van der Waals surface area contributed by atoms with Crippen LogP contribution in [-0.2, 0) is 42.9 Å². The van der Waals surface area contributed by atoms with Crippen molar-refractivity contribution in [3.8, 4) is 0 Å². The zero-order chi connectivity index (χ0) is 54.7. The zero-order valence-corrected chi connectivity index (χ0v) is 46.5. The minimum absolute atomic E-state index is 0.0360. The van der Waals surface area contributed by atoms with Crippen molar-refractivity contribution >= 4 is 23.9 Å². The summed E-state index contributed by atoms with van der Waals surface area (Å²) in [6.07, 6.45) is 55.1. The van der Waals surface area contributed by atoms with E-state index in [1.807, 2.05) is 12.2 Å². The standard InChI is InChI=1S/C63H100O12/c1-4-7-10-13-16-19-22-24-26-27-28-29-31-32-35-37-40-43-46-49-55(64)71-52-54(73-56(65)50-47-44-41-39-36-33-30-25-23-20-17-14-11-8-5-2)53-72-63-61(59(68)58(67)60(75-63)62(69)70)74-57(66)51-48-45-42-38-34-21-18-15-12-9-6-3/h7,10,15-20,24-26,28-30,32,35,40,43,54,58-61,63,67-68H,4-6,8-9,11-14,21-23,27,31,33-34,36-39,41-42,44-53H2,1-3H3,(H,69,70)/b10-7-,18-15-,19-16-,20-17-,26-24-,29-28-,30-25-,35-32-,43-40-. The summed E-state index contributed by atoms with van der Waals surface area (Å²) in [6, 6.07) is 0. The Kier molecular flexibility index (Phi) is 45.8. The molecule has 0 amide bonds. The highest BCUT2D eigenvalue weighted by Gasteiger charge is 2.50. The molecule has 0 aromatic rings. The summed E-state index contributed by atoms with van der Waals surface area (Å²) >= 11 is 0. The first-order chi connectivity index (χ1) is 36.6. The summed E-state index contributed by atoms with van der Waals surface area (Å²) in [5.74, 6) is -3.28. The molecule has 1 fully saturated rings. The number of aliphatic hydroxyl groups excluding tert-OH is 2. The van der Waals surface area contributed by atoms with Gasteiger partial charge < -0.3 is 39.0 Å². The van der Waals surface area contributed by atoms with Gasteiger partial charge >= 0.3 is 23.9 Å². The van der Waals surface area contributed by atoms with Gasteiger partial charge in [0, 0.05) is 19.3 Å². The summed E-state index contributed by atoms with van der Waals surface area (Å²) in [5.41, 5.74) is 0. The van der Waals surface area contributed by atoms with Gasteiger partial charge in [0.1, 0.15) is 18.8 Å². The Morgan fingerprint density at radius 1 is 0.453 bits per heavy atom. The van der Waals surface area contributed by atoms with E-state index in [1.54, 1.807) is 0 Å². The minimum Gasteiger partial charge on any atom is -0.479 e. The van der Waals surface area contributed by atoms with Crippen molar-refractivity contribution in [1.82, 2.24) is 0 Å². The van der Waals surface area contributed by atoms with Crippen LogP contribution in [0.1, 0.15) is 213 Å². The van der Waals surface area contributed by atoms with E-state index in [0.29, 0.717) is 19.3 Å². The van der Waals surface area contributed by atoms with Crippen LogP contribution in [-0.4, -0.2) is 89.2 Å². The number of esters is 3. The van der Waals surface area contributed by atoms with Gasteiger partial charge in [-0.05, 0) is 109 Å². The fourth-order valence-electron chi connectivity index (χ4n) is 7.87. The summed E-state index contributed by atoms with van der Waals surface area (Å²) < 4.78 is 28.3. The lowest BCUT2D eigenvalue weighted by atomic mass is 9.98. The van der Waals surface area contributed by atoms with Crippen molar-refractivity contribution < 1.29 is 58.2 Å².